The number of carbonyl (C=O) groups excluding carboxylic acids is 3. The molecule has 0 saturated heterocycles. The van der Waals surface area contributed by atoms with Gasteiger partial charge in [0.2, 0.25) is 0 Å². The van der Waals surface area contributed by atoms with Gasteiger partial charge in [0.15, 0.2) is 6.10 Å². The molecule has 0 heterocycles. The Labute approximate surface area is 515 Å². The first-order chi connectivity index (χ1) is 41.0. The Bertz CT molecular complexity index is 1610. The lowest BCUT2D eigenvalue weighted by molar-refractivity contribution is -0.167. The molecule has 6 heteroatoms. The molecule has 0 radical (unpaired) electrons. The van der Waals surface area contributed by atoms with Gasteiger partial charge in [0.05, 0.1) is 0 Å². The minimum Gasteiger partial charge on any atom is -0.462 e. The quantitative estimate of drug-likeness (QED) is 0.0261. The fraction of sp³-hybridized carbons (Fsp3) is 0.753. The van der Waals surface area contributed by atoms with Crippen LogP contribution in [-0.2, 0) is 28.6 Å². The lowest BCUT2D eigenvalue weighted by atomic mass is 10.0. The van der Waals surface area contributed by atoms with Crippen LogP contribution in [0.1, 0.15) is 355 Å². The molecule has 6 nitrogen and oxygen atoms in total. The predicted octanol–water partition coefficient (Wildman–Crippen LogP) is 24.8. The first kappa shape index (κ1) is 79.3. The van der Waals surface area contributed by atoms with Crippen molar-refractivity contribution in [3.8, 4) is 0 Å². The summed E-state index contributed by atoms with van der Waals surface area (Å²) in [5.74, 6) is -0.885. The van der Waals surface area contributed by atoms with E-state index in [-0.39, 0.29) is 31.1 Å². The standard InChI is InChI=1S/C77H134O6/c1-4-7-10-13-16-19-22-25-28-31-33-35-37-38-40-41-43-46-49-52-55-58-61-64-67-70-76(79)82-73-74(72-81-75(78)69-66-63-60-57-54-51-48-45-30-27-24-21-18-15-12-9-6-3)83-77(80)71-68-65-62-59-56-53-50-47-44-42-39-36-34-32-29-26-23-20-17-14-11-8-5-2/h9,12,18,21-23,25-27,30-34,39,42,74H,4-8,10-11,13-17,19-20,24,28-29,35-38,40-41,43-73H2,1-3H3/b12-9-,21-18-,25-22-,26-23-,30-27-,33-31-,34-32-,42-39-. The monoisotopic (exact) mass is 1160 g/mol. The maximum absolute atomic E-state index is 13.0. The molecule has 0 aliphatic rings. The van der Waals surface area contributed by atoms with Crippen LogP contribution in [0.3, 0.4) is 0 Å². The molecule has 0 spiro atoms. The average molecular weight is 1160 g/mol. The van der Waals surface area contributed by atoms with E-state index in [1.165, 1.54) is 205 Å². The number of rotatable bonds is 65. The van der Waals surface area contributed by atoms with Crippen LogP contribution in [-0.4, -0.2) is 37.2 Å². The summed E-state index contributed by atoms with van der Waals surface area (Å²) >= 11 is 0. The molecule has 1 atom stereocenters. The second-order valence-corrected chi connectivity index (χ2v) is 23.8. The van der Waals surface area contributed by atoms with Gasteiger partial charge >= 0.3 is 17.9 Å². The van der Waals surface area contributed by atoms with Crippen molar-refractivity contribution in [1.29, 1.82) is 0 Å². The third kappa shape index (κ3) is 69.0. The summed E-state index contributed by atoms with van der Waals surface area (Å²) < 4.78 is 17.0. The fourth-order valence-corrected chi connectivity index (χ4v) is 10.2. The van der Waals surface area contributed by atoms with Gasteiger partial charge in [-0.25, -0.2) is 0 Å². The van der Waals surface area contributed by atoms with Crippen LogP contribution >= 0.6 is 0 Å². The Morgan fingerprint density at radius 3 is 0.735 bits per heavy atom. The van der Waals surface area contributed by atoms with Crippen molar-refractivity contribution in [1.82, 2.24) is 0 Å². The molecule has 0 N–H and O–H groups in total. The molecule has 1 unspecified atom stereocenters. The molecule has 0 saturated carbocycles. The van der Waals surface area contributed by atoms with Crippen LogP contribution in [0, 0.1) is 0 Å². The molecule has 0 aromatic rings. The third-order valence-electron chi connectivity index (χ3n) is 15.5. The highest BCUT2D eigenvalue weighted by Gasteiger charge is 2.19. The Hall–Kier alpha value is -3.67. The van der Waals surface area contributed by atoms with E-state index >= 15 is 0 Å². The molecule has 0 aliphatic carbocycles. The number of esters is 3. The van der Waals surface area contributed by atoms with Gasteiger partial charge in [-0.1, -0.05) is 311 Å². The normalized spacial score (nSPS) is 12.7. The summed E-state index contributed by atoms with van der Waals surface area (Å²) in [5.41, 5.74) is 0. The largest absolute Gasteiger partial charge is 0.462 e. The van der Waals surface area contributed by atoms with Crippen LogP contribution in [0.2, 0.25) is 0 Å². The lowest BCUT2D eigenvalue weighted by Crippen LogP contribution is -2.30. The number of ether oxygens (including phenoxy) is 3. The second-order valence-electron chi connectivity index (χ2n) is 23.8. The van der Waals surface area contributed by atoms with Crippen LogP contribution in [0.15, 0.2) is 97.2 Å². The zero-order valence-corrected chi connectivity index (χ0v) is 54.9. The summed E-state index contributed by atoms with van der Waals surface area (Å²) in [6.07, 6.45) is 95.7. The highest BCUT2D eigenvalue weighted by atomic mass is 16.6. The van der Waals surface area contributed by atoms with Gasteiger partial charge in [-0.05, 0) is 122 Å². The topological polar surface area (TPSA) is 78.9 Å². The molecule has 0 aromatic carbocycles. The Balaban J connectivity index is 4.37. The predicted molar refractivity (Wildman–Crippen MR) is 362 cm³/mol. The second kappa shape index (κ2) is 70.8. The summed E-state index contributed by atoms with van der Waals surface area (Å²) in [4.78, 5) is 38.5. The highest BCUT2D eigenvalue weighted by molar-refractivity contribution is 5.71. The van der Waals surface area contributed by atoms with Crippen LogP contribution < -0.4 is 0 Å². The van der Waals surface area contributed by atoms with E-state index in [9.17, 15) is 14.4 Å². The van der Waals surface area contributed by atoms with E-state index in [1.54, 1.807) is 0 Å². The fourth-order valence-electron chi connectivity index (χ4n) is 10.2. The number of allylic oxidation sites excluding steroid dienone is 16. The molecule has 0 aromatic heterocycles. The summed E-state index contributed by atoms with van der Waals surface area (Å²) in [5, 5.41) is 0. The van der Waals surface area contributed by atoms with E-state index in [4.69, 9.17) is 14.2 Å². The summed E-state index contributed by atoms with van der Waals surface area (Å²) in [6.45, 7) is 6.54. The van der Waals surface area contributed by atoms with Crippen molar-refractivity contribution in [3.05, 3.63) is 97.2 Å². The number of hydrogen-bond acceptors (Lipinski definition) is 6. The number of unbranched alkanes of at least 4 members (excludes halogenated alkanes) is 38. The minimum absolute atomic E-state index is 0.0829. The maximum atomic E-state index is 13.0. The number of carbonyl (C=O) groups is 3. The summed E-state index contributed by atoms with van der Waals surface area (Å²) in [7, 11) is 0. The smallest absolute Gasteiger partial charge is 0.306 e. The van der Waals surface area contributed by atoms with Crippen LogP contribution in [0.25, 0.3) is 0 Å². The molecule has 0 fully saturated rings. The van der Waals surface area contributed by atoms with Gasteiger partial charge in [0, 0.05) is 19.3 Å². The molecule has 0 rings (SSSR count). The van der Waals surface area contributed by atoms with Crippen molar-refractivity contribution < 1.29 is 28.6 Å². The van der Waals surface area contributed by atoms with Crippen molar-refractivity contribution in [2.75, 3.05) is 13.2 Å². The van der Waals surface area contributed by atoms with E-state index in [1.807, 2.05) is 0 Å². The molecular weight excluding hydrogens is 1020 g/mol. The van der Waals surface area contributed by atoms with Crippen molar-refractivity contribution in [3.63, 3.8) is 0 Å². The van der Waals surface area contributed by atoms with Gasteiger partial charge < -0.3 is 14.2 Å². The van der Waals surface area contributed by atoms with Crippen molar-refractivity contribution in [2.45, 2.75) is 361 Å². The zero-order valence-electron chi connectivity index (χ0n) is 54.9. The molecule has 0 amide bonds. The molecular formula is C77H134O6. The minimum atomic E-state index is -0.789. The van der Waals surface area contributed by atoms with Crippen molar-refractivity contribution >= 4 is 17.9 Å². The van der Waals surface area contributed by atoms with Gasteiger partial charge in [-0.2, -0.15) is 0 Å². The first-order valence-corrected chi connectivity index (χ1v) is 35.7. The molecule has 478 valence electrons. The highest BCUT2D eigenvalue weighted by Crippen LogP contribution is 2.17. The third-order valence-corrected chi connectivity index (χ3v) is 15.5. The van der Waals surface area contributed by atoms with Gasteiger partial charge in [0.25, 0.3) is 0 Å². The van der Waals surface area contributed by atoms with Crippen molar-refractivity contribution in [2.24, 2.45) is 0 Å². The first-order valence-electron chi connectivity index (χ1n) is 35.7. The average Bonchev–Trinajstić information content (AvgIpc) is 3.49. The Kier molecular flexibility index (Phi) is 67.7. The SMILES string of the molecule is CC/C=C\C/C=C\C/C=C\CCCCCCCCCC(=O)OCC(COC(=O)CCCCCCCCCCCCCCC/C=C\C/C=C\CCCCCCC)OC(=O)CCCCCCCCCC/C=C\C/C=C\C/C=C\CCCCCCC. The van der Waals surface area contributed by atoms with E-state index in [2.05, 4.69) is 118 Å². The molecule has 0 bridgehead atoms. The summed E-state index contributed by atoms with van der Waals surface area (Å²) in [6, 6.07) is 0. The molecule has 0 aliphatic heterocycles. The van der Waals surface area contributed by atoms with E-state index in [0.717, 1.165) is 109 Å². The van der Waals surface area contributed by atoms with Gasteiger partial charge in [0.1, 0.15) is 13.2 Å². The van der Waals surface area contributed by atoms with E-state index < -0.39 is 6.10 Å². The van der Waals surface area contributed by atoms with Crippen LogP contribution in [0.5, 0.6) is 0 Å². The number of hydrogen-bond donors (Lipinski definition) is 0. The lowest BCUT2D eigenvalue weighted by Gasteiger charge is -2.18. The van der Waals surface area contributed by atoms with E-state index in [0.29, 0.717) is 19.3 Å². The van der Waals surface area contributed by atoms with Gasteiger partial charge in [-0.3, -0.25) is 14.4 Å². The Morgan fingerprint density at radius 1 is 0.253 bits per heavy atom. The van der Waals surface area contributed by atoms with Crippen LogP contribution in [0.4, 0.5) is 0 Å². The Morgan fingerprint density at radius 2 is 0.470 bits per heavy atom. The maximum Gasteiger partial charge on any atom is 0.306 e. The zero-order chi connectivity index (χ0) is 59.9. The molecule has 83 heavy (non-hydrogen) atoms. The van der Waals surface area contributed by atoms with Gasteiger partial charge in [-0.15, -0.1) is 0 Å².